The Kier molecular flexibility index (Phi) is 5.48. The lowest BCUT2D eigenvalue weighted by molar-refractivity contribution is -0.128. The quantitative estimate of drug-likeness (QED) is 0.503. The number of fused-ring (bicyclic) bond motifs is 1. The number of aromatic nitrogens is 2. The van der Waals surface area contributed by atoms with Crippen LogP contribution in [0.4, 0.5) is 5.82 Å². The third kappa shape index (κ3) is 3.59. The van der Waals surface area contributed by atoms with Gasteiger partial charge in [0.2, 0.25) is 0 Å². The standard InChI is InChI=1S/C25H24Cl2N4O/c1-15-5-7-17(8-6-15)21-4-3-13-30(21)25(32)23-16(2)29-22-11-12-28-31(22)24(23)18-9-10-19(26)20(27)14-18/h5-12,14,21,24,29H,3-4,13H2,1-2H3. The minimum Gasteiger partial charge on any atom is -0.344 e. The maximum Gasteiger partial charge on any atom is 0.254 e. The van der Waals surface area contributed by atoms with Gasteiger partial charge in [0.05, 0.1) is 27.9 Å². The smallest absolute Gasteiger partial charge is 0.254 e. The van der Waals surface area contributed by atoms with Gasteiger partial charge in [-0.3, -0.25) is 4.79 Å². The molecule has 0 spiro atoms. The van der Waals surface area contributed by atoms with Crippen molar-refractivity contribution in [3.63, 3.8) is 0 Å². The number of carbonyl (C=O) groups is 1. The summed E-state index contributed by atoms with van der Waals surface area (Å²) in [4.78, 5) is 16.1. The predicted molar refractivity (Wildman–Crippen MR) is 128 cm³/mol. The molecule has 2 aliphatic heterocycles. The molecule has 2 unspecified atom stereocenters. The zero-order chi connectivity index (χ0) is 22.4. The molecule has 2 atom stereocenters. The molecule has 7 heteroatoms. The fraction of sp³-hybridized carbons (Fsp3) is 0.280. The number of nitrogens with zero attached hydrogens (tertiary/aromatic N) is 3. The number of rotatable bonds is 3. The number of amides is 1. The van der Waals surface area contributed by atoms with Crippen molar-refractivity contribution in [2.75, 3.05) is 11.9 Å². The van der Waals surface area contributed by atoms with E-state index in [1.54, 1.807) is 12.3 Å². The van der Waals surface area contributed by atoms with Crippen LogP contribution in [0, 0.1) is 6.92 Å². The molecule has 3 heterocycles. The van der Waals surface area contributed by atoms with E-state index in [0.29, 0.717) is 15.6 Å². The maximum atomic E-state index is 14.1. The Morgan fingerprint density at radius 2 is 1.78 bits per heavy atom. The van der Waals surface area contributed by atoms with Crippen molar-refractivity contribution < 1.29 is 4.79 Å². The molecule has 0 aliphatic carbocycles. The summed E-state index contributed by atoms with van der Waals surface area (Å²) in [6.45, 7) is 4.76. The van der Waals surface area contributed by atoms with Gasteiger partial charge < -0.3 is 10.2 Å². The Hall–Kier alpha value is -2.76. The van der Waals surface area contributed by atoms with Crippen LogP contribution in [0.2, 0.25) is 10.0 Å². The number of hydrogen-bond acceptors (Lipinski definition) is 3. The Balaban J connectivity index is 1.57. The van der Waals surface area contributed by atoms with E-state index in [0.717, 1.165) is 36.5 Å². The van der Waals surface area contributed by atoms with E-state index in [9.17, 15) is 4.79 Å². The van der Waals surface area contributed by atoms with Gasteiger partial charge in [0.1, 0.15) is 11.9 Å². The van der Waals surface area contributed by atoms with Gasteiger partial charge in [-0.1, -0.05) is 59.1 Å². The third-order valence-corrected chi connectivity index (χ3v) is 7.11. The molecule has 5 rings (SSSR count). The summed E-state index contributed by atoms with van der Waals surface area (Å²) in [7, 11) is 0. The zero-order valence-corrected chi connectivity index (χ0v) is 19.5. The molecule has 0 radical (unpaired) electrons. The highest BCUT2D eigenvalue weighted by atomic mass is 35.5. The minimum absolute atomic E-state index is 0.0234. The SMILES string of the molecule is CC1=C(C(=O)N2CCCC2c2ccc(C)cc2)C(c2ccc(Cl)c(Cl)c2)n2nccc2N1. The number of likely N-dealkylation sites (tertiary alicyclic amines) is 1. The Morgan fingerprint density at radius 3 is 2.53 bits per heavy atom. The Bertz CT molecular complexity index is 1210. The molecule has 3 aromatic rings. The highest BCUT2D eigenvalue weighted by Gasteiger charge is 2.39. The Morgan fingerprint density at radius 1 is 1.03 bits per heavy atom. The van der Waals surface area contributed by atoms with Gasteiger partial charge in [-0.05, 0) is 49.9 Å². The summed E-state index contributed by atoms with van der Waals surface area (Å²) in [6, 6.07) is 15.6. The summed E-state index contributed by atoms with van der Waals surface area (Å²) in [6.07, 6.45) is 3.67. The van der Waals surface area contributed by atoms with E-state index < -0.39 is 0 Å². The first-order chi connectivity index (χ1) is 15.4. The van der Waals surface area contributed by atoms with Crippen LogP contribution in [0.1, 0.15) is 48.5 Å². The molecule has 0 bridgehead atoms. The van der Waals surface area contributed by atoms with E-state index in [1.807, 2.05) is 34.7 Å². The molecule has 1 aromatic heterocycles. The fourth-order valence-electron chi connectivity index (χ4n) is 4.77. The van der Waals surface area contributed by atoms with Crippen molar-refractivity contribution in [2.24, 2.45) is 0 Å². The molecule has 5 nitrogen and oxygen atoms in total. The van der Waals surface area contributed by atoms with Crippen molar-refractivity contribution in [3.8, 4) is 0 Å². The van der Waals surface area contributed by atoms with Crippen molar-refractivity contribution in [3.05, 3.63) is 92.7 Å². The predicted octanol–water partition coefficient (Wildman–Crippen LogP) is 6.15. The van der Waals surface area contributed by atoms with Crippen molar-refractivity contribution >= 4 is 34.9 Å². The number of halogens is 2. The molecule has 164 valence electrons. The number of allylic oxidation sites excluding steroid dienone is 1. The lowest BCUT2D eigenvalue weighted by Gasteiger charge is -2.34. The van der Waals surface area contributed by atoms with Gasteiger partial charge in [-0.2, -0.15) is 5.10 Å². The lowest BCUT2D eigenvalue weighted by atomic mass is 9.93. The molecule has 1 N–H and O–H groups in total. The van der Waals surface area contributed by atoms with E-state index in [2.05, 4.69) is 41.6 Å². The molecule has 32 heavy (non-hydrogen) atoms. The fourth-order valence-corrected chi connectivity index (χ4v) is 5.08. The van der Waals surface area contributed by atoms with Crippen LogP contribution >= 0.6 is 23.2 Å². The summed E-state index contributed by atoms with van der Waals surface area (Å²) >= 11 is 12.5. The third-order valence-electron chi connectivity index (χ3n) is 6.37. The average Bonchev–Trinajstić information content (AvgIpc) is 3.44. The van der Waals surface area contributed by atoms with Gasteiger partial charge >= 0.3 is 0 Å². The van der Waals surface area contributed by atoms with E-state index in [-0.39, 0.29) is 18.0 Å². The second kappa shape index (κ2) is 8.30. The first-order valence-corrected chi connectivity index (χ1v) is 11.5. The zero-order valence-electron chi connectivity index (χ0n) is 18.0. The first kappa shape index (κ1) is 21.1. The monoisotopic (exact) mass is 466 g/mol. The molecule has 0 saturated carbocycles. The van der Waals surface area contributed by atoms with Crippen LogP contribution in [0.25, 0.3) is 0 Å². The normalized spacial score (nSPS) is 20.3. The molecule has 2 aromatic carbocycles. The summed E-state index contributed by atoms with van der Waals surface area (Å²) < 4.78 is 1.84. The van der Waals surface area contributed by atoms with Crippen LogP contribution in [-0.2, 0) is 4.79 Å². The second-order valence-electron chi connectivity index (χ2n) is 8.47. The Labute approximate surface area is 197 Å². The maximum absolute atomic E-state index is 14.1. The van der Waals surface area contributed by atoms with Gasteiger partial charge in [0, 0.05) is 18.3 Å². The lowest BCUT2D eigenvalue weighted by Crippen LogP contribution is -2.38. The van der Waals surface area contributed by atoms with Crippen molar-refractivity contribution in [1.29, 1.82) is 0 Å². The number of carbonyl (C=O) groups excluding carboxylic acids is 1. The van der Waals surface area contributed by atoms with E-state index >= 15 is 0 Å². The van der Waals surface area contributed by atoms with Gasteiger partial charge in [0.25, 0.3) is 5.91 Å². The summed E-state index contributed by atoms with van der Waals surface area (Å²) in [5.41, 5.74) is 4.77. The van der Waals surface area contributed by atoms with Crippen LogP contribution in [0.5, 0.6) is 0 Å². The molecule has 1 saturated heterocycles. The average molecular weight is 467 g/mol. The van der Waals surface area contributed by atoms with Crippen LogP contribution in [0.15, 0.2) is 66.0 Å². The molecule has 2 aliphatic rings. The number of aryl methyl sites for hydroxylation is 1. The molecule has 1 amide bonds. The van der Waals surface area contributed by atoms with Crippen molar-refractivity contribution in [2.45, 2.75) is 38.8 Å². The number of anilines is 1. The van der Waals surface area contributed by atoms with Gasteiger partial charge in [-0.15, -0.1) is 0 Å². The van der Waals surface area contributed by atoms with Gasteiger partial charge in [0.15, 0.2) is 0 Å². The topological polar surface area (TPSA) is 50.2 Å². The highest BCUT2D eigenvalue weighted by molar-refractivity contribution is 6.42. The second-order valence-corrected chi connectivity index (χ2v) is 9.28. The number of benzene rings is 2. The molecule has 1 fully saturated rings. The van der Waals surface area contributed by atoms with Crippen LogP contribution in [0.3, 0.4) is 0 Å². The summed E-state index contributed by atoms with van der Waals surface area (Å²) in [5, 5.41) is 8.82. The van der Waals surface area contributed by atoms with E-state index in [1.165, 1.54) is 11.1 Å². The van der Waals surface area contributed by atoms with Crippen LogP contribution < -0.4 is 5.32 Å². The highest BCUT2D eigenvalue weighted by Crippen LogP contribution is 2.41. The number of hydrogen-bond donors (Lipinski definition) is 1. The minimum atomic E-state index is -0.386. The van der Waals surface area contributed by atoms with E-state index in [4.69, 9.17) is 23.2 Å². The first-order valence-electron chi connectivity index (χ1n) is 10.8. The van der Waals surface area contributed by atoms with Crippen LogP contribution in [-0.4, -0.2) is 27.1 Å². The molecular weight excluding hydrogens is 443 g/mol. The molecular formula is C25H24Cl2N4O. The van der Waals surface area contributed by atoms with Crippen molar-refractivity contribution in [1.82, 2.24) is 14.7 Å². The number of nitrogens with one attached hydrogen (secondary N) is 1. The summed E-state index contributed by atoms with van der Waals surface area (Å²) in [5.74, 6) is 0.863. The van der Waals surface area contributed by atoms with Gasteiger partial charge in [-0.25, -0.2) is 4.68 Å². The largest absolute Gasteiger partial charge is 0.344 e.